The highest BCUT2D eigenvalue weighted by Gasteiger charge is 2.33. The first kappa shape index (κ1) is 14.2. The lowest BCUT2D eigenvalue weighted by atomic mass is 9.92. The van der Waals surface area contributed by atoms with Crippen LogP contribution in [-0.2, 0) is 4.74 Å². The highest BCUT2D eigenvalue weighted by molar-refractivity contribution is 9.10. The minimum atomic E-state index is -0.0747. The van der Waals surface area contributed by atoms with E-state index in [1.54, 1.807) is 7.11 Å². The summed E-state index contributed by atoms with van der Waals surface area (Å²) in [5, 5.41) is -0.0747. The maximum atomic E-state index is 6.63. The van der Waals surface area contributed by atoms with Crippen LogP contribution in [0.1, 0.15) is 29.8 Å². The molecule has 0 aromatic heterocycles. The van der Waals surface area contributed by atoms with Crippen molar-refractivity contribution in [3.05, 3.63) is 27.7 Å². The molecular weight excluding hydrogens is 316 g/mol. The normalized spacial score (nSPS) is 25.2. The van der Waals surface area contributed by atoms with E-state index in [-0.39, 0.29) is 11.5 Å². The van der Waals surface area contributed by atoms with E-state index in [0.29, 0.717) is 5.92 Å². The van der Waals surface area contributed by atoms with E-state index in [1.165, 1.54) is 0 Å². The molecule has 4 heteroatoms. The van der Waals surface area contributed by atoms with Crippen LogP contribution in [0.2, 0.25) is 0 Å². The van der Waals surface area contributed by atoms with E-state index in [9.17, 15) is 0 Å². The van der Waals surface area contributed by atoms with Crippen molar-refractivity contribution in [2.45, 2.75) is 31.7 Å². The van der Waals surface area contributed by atoms with Crippen LogP contribution >= 0.6 is 27.5 Å². The molecule has 0 spiro atoms. The fraction of sp³-hybridized carbons (Fsp3) is 0.571. The Kier molecular flexibility index (Phi) is 4.57. The van der Waals surface area contributed by atoms with Crippen LogP contribution in [0.3, 0.4) is 0 Å². The molecule has 1 aliphatic heterocycles. The molecule has 0 saturated carbocycles. The Morgan fingerprint density at radius 3 is 2.78 bits per heavy atom. The van der Waals surface area contributed by atoms with E-state index in [1.807, 2.05) is 13.0 Å². The van der Waals surface area contributed by atoms with Gasteiger partial charge in [0.2, 0.25) is 0 Å². The van der Waals surface area contributed by atoms with Gasteiger partial charge in [-0.25, -0.2) is 0 Å². The average Bonchev–Trinajstić information content (AvgIpc) is 2.77. The number of hydrogen-bond donors (Lipinski definition) is 0. The molecule has 1 aromatic carbocycles. The number of benzene rings is 1. The van der Waals surface area contributed by atoms with Crippen molar-refractivity contribution in [1.82, 2.24) is 0 Å². The molecule has 1 saturated heterocycles. The van der Waals surface area contributed by atoms with Gasteiger partial charge in [-0.2, -0.15) is 0 Å². The lowest BCUT2D eigenvalue weighted by molar-refractivity contribution is 0.104. The molecule has 0 radical (unpaired) electrons. The van der Waals surface area contributed by atoms with Crippen molar-refractivity contribution < 1.29 is 9.47 Å². The first-order valence-electron chi connectivity index (χ1n) is 6.14. The lowest BCUT2D eigenvalue weighted by Crippen LogP contribution is -2.17. The SMILES string of the molecule is COc1cc(C)c(Br)cc1C(Cl)C1CCOC1C. The fourth-order valence-corrected chi connectivity index (χ4v) is 3.29. The van der Waals surface area contributed by atoms with Crippen LogP contribution in [0.15, 0.2) is 16.6 Å². The molecule has 18 heavy (non-hydrogen) atoms. The van der Waals surface area contributed by atoms with E-state index in [4.69, 9.17) is 21.1 Å². The summed E-state index contributed by atoms with van der Waals surface area (Å²) in [5.74, 6) is 1.20. The number of rotatable bonds is 3. The van der Waals surface area contributed by atoms with Gasteiger partial charge in [0, 0.05) is 22.6 Å². The van der Waals surface area contributed by atoms with Gasteiger partial charge in [-0.05, 0) is 38.0 Å². The summed E-state index contributed by atoms with van der Waals surface area (Å²) in [6.45, 7) is 4.92. The average molecular weight is 334 g/mol. The van der Waals surface area contributed by atoms with Gasteiger partial charge in [0.1, 0.15) is 5.75 Å². The summed E-state index contributed by atoms with van der Waals surface area (Å²) >= 11 is 10.2. The molecule has 1 aliphatic rings. The van der Waals surface area contributed by atoms with Gasteiger partial charge in [0.05, 0.1) is 18.6 Å². The summed E-state index contributed by atoms with van der Waals surface area (Å²) in [6.07, 6.45) is 1.21. The van der Waals surface area contributed by atoms with Crippen molar-refractivity contribution in [1.29, 1.82) is 0 Å². The van der Waals surface area contributed by atoms with Gasteiger partial charge < -0.3 is 9.47 Å². The Hall–Kier alpha value is -0.250. The number of hydrogen-bond acceptors (Lipinski definition) is 2. The molecule has 0 amide bonds. The zero-order valence-corrected chi connectivity index (χ0v) is 13.2. The highest BCUT2D eigenvalue weighted by Crippen LogP contribution is 2.43. The monoisotopic (exact) mass is 332 g/mol. The quantitative estimate of drug-likeness (QED) is 0.760. The third-order valence-electron chi connectivity index (χ3n) is 3.62. The molecule has 0 N–H and O–H groups in total. The van der Waals surface area contributed by atoms with Gasteiger partial charge in [-0.15, -0.1) is 11.6 Å². The molecule has 2 nitrogen and oxygen atoms in total. The number of alkyl halides is 1. The zero-order valence-electron chi connectivity index (χ0n) is 10.9. The summed E-state index contributed by atoms with van der Waals surface area (Å²) in [5.41, 5.74) is 2.19. The fourth-order valence-electron chi connectivity index (χ4n) is 2.43. The topological polar surface area (TPSA) is 18.5 Å². The summed E-state index contributed by atoms with van der Waals surface area (Å²) in [4.78, 5) is 0. The predicted octanol–water partition coefficient (Wildman–Crippen LogP) is 4.47. The van der Waals surface area contributed by atoms with Gasteiger partial charge >= 0.3 is 0 Å². The van der Waals surface area contributed by atoms with Crippen molar-refractivity contribution in [3.63, 3.8) is 0 Å². The molecule has 1 aromatic rings. The first-order chi connectivity index (χ1) is 8.54. The second-order valence-electron chi connectivity index (χ2n) is 4.77. The summed E-state index contributed by atoms with van der Waals surface area (Å²) in [7, 11) is 1.68. The Morgan fingerprint density at radius 1 is 1.50 bits per heavy atom. The van der Waals surface area contributed by atoms with Crippen LogP contribution in [0.25, 0.3) is 0 Å². The second kappa shape index (κ2) is 5.81. The van der Waals surface area contributed by atoms with Gasteiger partial charge in [0.25, 0.3) is 0 Å². The van der Waals surface area contributed by atoms with Crippen LogP contribution < -0.4 is 4.74 Å². The van der Waals surface area contributed by atoms with Gasteiger partial charge in [0.15, 0.2) is 0 Å². The minimum Gasteiger partial charge on any atom is -0.496 e. The standard InChI is InChI=1S/C14H18BrClO2/c1-8-6-13(17-3)11(7-12(8)15)14(16)10-4-5-18-9(10)2/h6-7,9-10,14H,4-5H2,1-3H3. The largest absolute Gasteiger partial charge is 0.496 e. The summed E-state index contributed by atoms with van der Waals surface area (Å²) in [6, 6.07) is 4.09. The molecule has 1 fully saturated rings. The Labute approximate surface area is 122 Å². The zero-order chi connectivity index (χ0) is 13.3. The van der Waals surface area contributed by atoms with E-state index < -0.39 is 0 Å². The molecule has 0 bridgehead atoms. The molecule has 3 unspecified atom stereocenters. The van der Waals surface area contributed by atoms with Crippen molar-refractivity contribution in [2.24, 2.45) is 5.92 Å². The Morgan fingerprint density at radius 2 is 2.22 bits per heavy atom. The molecule has 3 atom stereocenters. The third-order valence-corrected chi connectivity index (χ3v) is 5.03. The van der Waals surface area contributed by atoms with Crippen LogP contribution in [0.4, 0.5) is 0 Å². The molecule has 1 heterocycles. The molecular formula is C14H18BrClO2. The van der Waals surface area contributed by atoms with Crippen LogP contribution in [-0.4, -0.2) is 19.8 Å². The molecule has 0 aliphatic carbocycles. The summed E-state index contributed by atoms with van der Waals surface area (Å²) < 4.78 is 12.1. The predicted molar refractivity (Wildman–Crippen MR) is 77.5 cm³/mol. The Balaban J connectivity index is 2.34. The number of aryl methyl sites for hydroxylation is 1. The minimum absolute atomic E-state index is 0.0747. The van der Waals surface area contributed by atoms with Crippen LogP contribution in [0, 0.1) is 12.8 Å². The number of ether oxygens (including phenoxy) is 2. The molecule has 100 valence electrons. The van der Waals surface area contributed by atoms with Crippen LogP contribution in [0.5, 0.6) is 5.75 Å². The first-order valence-corrected chi connectivity index (χ1v) is 7.37. The lowest BCUT2D eigenvalue weighted by Gasteiger charge is -2.23. The third kappa shape index (κ3) is 2.68. The van der Waals surface area contributed by atoms with Crippen molar-refractivity contribution in [3.8, 4) is 5.75 Å². The second-order valence-corrected chi connectivity index (χ2v) is 6.10. The van der Waals surface area contributed by atoms with Crippen molar-refractivity contribution >= 4 is 27.5 Å². The number of halogens is 2. The van der Waals surface area contributed by atoms with Gasteiger partial charge in [-0.1, -0.05) is 15.9 Å². The molecule has 2 rings (SSSR count). The van der Waals surface area contributed by atoms with E-state index in [0.717, 1.165) is 34.4 Å². The van der Waals surface area contributed by atoms with Crippen molar-refractivity contribution in [2.75, 3.05) is 13.7 Å². The Bertz CT molecular complexity index is 436. The maximum Gasteiger partial charge on any atom is 0.123 e. The maximum absolute atomic E-state index is 6.63. The van der Waals surface area contributed by atoms with Gasteiger partial charge in [-0.3, -0.25) is 0 Å². The number of methoxy groups -OCH3 is 1. The van der Waals surface area contributed by atoms with E-state index in [2.05, 4.69) is 28.9 Å². The smallest absolute Gasteiger partial charge is 0.123 e. The van der Waals surface area contributed by atoms with E-state index >= 15 is 0 Å². The highest BCUT2D eigenvalue weighted by atomic mass is 79.9.